The Hall–Kier alpha value is -3.25. The Balaban J connectivity index is 0.00000225. The Morgan fingerprint density at radius 3 is 2.16 bits per heavy atom. The van der Waals surface area contributed by atoms with Gasteiger partial charge >= 0.3 is 0 Å². The van der Waals surface area contributed by atoms with Gasteiger partial charge < -0.3 is 21.9 Å². The summed E-state index contributed by atoms with van der Waals surface area (Å²) in [5, 5.41) is 14.6. The van der Waals surface area contributed by atoms with Gasteiger partial charge in [-0.1, -0.05) is 24.3 Å². The van der Waals surface area contributed by atoms with Crippen LogP contribution in [0.4, 0.5) is 11.4 Å². The molecule has 0 radical (unpaired) electrons. The van der Waals surface area contributed by atoms with Gasteiger partial charge in [-0.2, -0.15) is 0 Å². The van der Waals surface area contributed by atoms with E-state index < -0.39 is 5.91 Å². The SMILES string of the molecule is Cl.NC(N)=Nc1ccc(NC(=O)c2cc3ccccc3cc2O)cc1. The number of guanidine groups is 1. The second-order valence-corrected chi connectivity index (χ2v) is 5.25. The van der Waals surface area contributed by atoms with Gasteiger partial charge in [-0.3, -0.25) is 4.79 Å². The zero-order chi connectivity index (χ0) is 17.1. The summed E-state index contributed by atoms with van der Waals surface area (Å²) in [7, 11) is 0. The average Bonchev–Trinajstić information content (AvgIpc) is 2.55. The summed E-state index contributed by atoms with van der Waals surface area (Å²) in [5.41, 5.74) is 12.0. The Kier molecular flexibility index (Phi) is 5.46. The normalized spacial score (nSPS) is 9.92. The molecule has 0 bridgehead atoms. The molecule has 0 aliphatic rings. The number of aliphatic imine (C=N–C) groups is 1. The predicted octanol–water partition coefficient (Wildman–Crippen LogP) is 3.12. The van der Waals surface area contributed by atoms with E-state index in [9.17, 15) is 9.90 Å². The van der Waals surface area contributed by atoms with Gasteiger partial charge in [0.2, 0.25) is 0 Å². The number of hydrogen-bond acceptors (Lipinski definition) is 3. The molecule has 25 heavy (non-hydrogen) atoms. The van der Waals surface area contributed by atoms with E-state index in [-0.39, 0.29) is 29.7 Å². The van der Waals surface area contributed by atoms with Crippen molar-refractivity contribution in [1.82, 2.24) is 0 Å². The van der Waals surface area contributed by atoms with Gasteiger partial charge in [0.05, 0.1) is 11.3 Å². The third kappa shape index (κ3) is 4.19. The van der Waals surface area contributed by atoms with Gasteiger partial charge in [0.15, 0.2) is 5.96 Å². The number of hydrogen-bond donors (Lipinski definition) is 4. The number of nitrogens with one attached hydrogen (secondary N) is 1. The van der Waals surface area contributed by atoms with E-state index in [1.54, 1.807) is 36.4 Å². The number of aromatic hydroxyl groups is 1. The molecule has 0 saturated carbocycles. The van der Waals surface area contributed by atoms with Crippen LogP contribution in [0.25, 0.3) is 10.8 Å². The molecule has 0 fully saturated rings. The van der Waals surface area contributed by atoms with Crippen LogP contribution in [0.15, 0.2) is 65.7 Å². The molecule has 0 aliphatic carbocycles. The van der Waals surface area contributed by atoms with Crippen LogP contribution in [0.1, 0.15) is 10.4 Å². The van der Waals surface area contributed by atoms with Crippen molar-refractivity contribution < 1.29 is 9.90 Å². The molecular weight excluding hydrogens is 340 g/mol. The number of phenols is 1. The van der Waals surface area contributed by atoms with Crippen molar-refractivity contribution in [3.63, 3.8) is 0 Å². The van der Waals surface area contributed by atoms with E-state index in [2.05, 4.69) is 10.3 Å². The van der Waals surface area contributed by atoms with Gasteiger partial charge in [0.25, 0.3) is 5.91 Å². The van der Waals surface area contributed by atoms with E-state index in [0.29, 0.717) is 11.4 Å². The van der Waals surface area contributed by atoms with Crippen molar-refractivity contribution in [1.29, 1.82) is 0 Å². The zero-order valence-corrected chi connectivity index (χ0v) is 14.0. The predicted molar refractivity (Wildman–Crippen MR) is 103 cm³/mol. The van der Waals surface area contributed by atoms with Gasteiger partial charge in [-0.15, -0.1) is 12.4 Å². The minimum atomic E-state index is -0.396. The van der Waals surface area contributed by atoms with Gasteiger partial charge in [0, 0.05) is 5.69 Å². The number of carbonyl (C=O) groups excluding carboxylic acids is 1. The zero-order valence-electron chi connectivity index (χ0n) is 13.1. The van der Waals surface area contributed by atoms with Crippen molar-refractivity contribution in [3.05, 3.63) is 66.2 Å². The fourth-order valence-electron chi connectivity index (χ4n) is 2.38. The Bertz CT molecular complexity index is 935. The number of phenolic OH excluding ortho intramolecular Hbond substituents is 1. The number of carbonyl (C=O) groups is 1. The lowest BCUT2D eigenvalue weighted by molar-refractivity contribution is 0.102. The monoisotopic (exact) mass is 356 g/mol. The van der Waals surface area contributed by atoms with Crippen LogP contribution in [-0.4, -0.2) is 17.0 Å². The maximum absolute atomic E-state index is 12.4. The second kappa shape index (κ2) is 7.55. The molecule has 0 saturated heterocycles. The third-order valence-corrected chi connectivity index (χ3v) is 3.49. The summed E-state index contributed by atoms with van der Waals surface area (Å²) >= 11 is 0. The standard InChI is InChI=1S/C18H16N4O2.ClH/c19-18(20)22-14-7-5-13(6-8-14)21-17(24)15-9-11-3-1-2-4-12(11)10-16(15)23;/h1-10,23H,(H,21,24)(H4,19,20,22);1H. The second-order valence-electron chi connectivity index (χ2n) is 5.25. The van der Waals surface area contributed by atoms with E-state index in [4.69, 9.17) is 11.5 Å². The van der Waals surface area contributed by atoms with Crippen LogP contribution >= 0.6 is 12.4 Å². The number of anilines is 1. The number of halogens is 1. The van der Waals surface area contributed by atoms with E-state index in [1.165, 1.54) is 0 Å². The molecular formula is C18H17ClN4O2. The van der Waals surface area contributed by atoms with Crippen molar-refractivity contribution in [2.24, 2.45) is 16.5 Å². The molecule has 3 aromatic carbocycles. The first-order chi connectivity index (χ1) is 11.5. The molecule has 7 heteroatoms. The fraction of sp³-hybridized carbons (Fsp3) is 0. The highest BCUT2D eigenvalue weighted by atomic mass is 35.5. The van der Waals surface area contributed by atoms with Gasteiger partial charge in [-0.25, -0.2) is 4.99 Å². The Morgan fingerprint density at radius 1 is 0.960 bits per heavy atom. The molecule has 6 N–H and O–H groups in total. The van der Waals surface area contributed by atoms with Crippen molar-refractivity contribution >= 4 is 46.4 Å². The van der Waals surface area contributed by atoms with Crippen molar-refractivity contribution in [3.8, 4) is 5.75 Å². The summed E-state index contributed by atoms with van der Waals surface area (Å²) in [6.07, 6.45) is 0. The number of amides is 1. The van der Waals surface area contributed by atoms with Crippen LogP contribution in [0.5, 0.6) is 5.75 Å². The van der Waals surface area contributed by atoms with Crippen LogP contribution in [0.3, 0.4) is 0 Å². The van der Waals surface area contributed by atoms with Crippen molar-refractivity contribution in [2.45, 2.75) is 0 Å². The minimum absolute atomic E-state index is 0. The molecule has 0 unspecified atom stereocenters. The van der Waals surface area contributed by atoms with Gasteiger partial charge in [0.1, 0.15) is 5.75 Å². The third-order valence-electron chi connectivity index (χ3n) is 3.49. The maximum atomic E-state index is 12.4. The lowest BCUT2D eigenvalue weighted by atomic mass is 10.1. The molecule has 3 aromatic rings. The highest BCUT2D eigenvalue weighted by Crippen LogP contribution is 2.26. The Labute approximate surface area is 150 Å². The number of fused-ring (bicyclic) bond motifs is 1. The van der Waals surface area contributed by atoms with E-state index >= 15 is 0 Å². The lowest BCUT2D eigenvalue weighted by Crippen LogP contribution is -2.21. The van der Waals surface area contributed by atoms with Crippen molar-refractivity contribution in [2.75, 3.05) is 5.32 Å². The van der Waals surface area contributed by atoms with E-state index in [1.807, 2.05) is 24.3 Å². The molecule has 128 valence electrons. The molecule has 0 heterocycles. The first-order valence-electron chi connectivity index (χ1n) is 7.26. The lowest BCUT2D eigenvalue weighted by Gasteiger charge is -2.09. The Morgan fingerprint density at radius 2 is 1.56 bits per heavy atom. The molecule has 0 aliphatic heterocycles. The maximum Gasteiger partial charge on any atom is 0.259 e. The van der Waals surface area contributed by atoms with Crippen LogP contribution in [-0.2, 0) is 0 Å². The number of benzene rings is 3. The summed E-state index contributed by atoms with van der Waals surface area (Å²) < 4.78 is 0. The summed E-state index contributed by atoms with van der Waals surface area (Å²) in [5.74, 6) is -0.496. The van der Waals surface area contributed by atoms with E-state index in [0.717, 1.165) is 10.8 Å². The summed E-state index contributed by atoms with van der Waals surface area (Å²) in [6, 6.07) is 17.5. The molecule has 0 atom stereocenters. The summed E-state index contributed by atoms with van der Waals surface area (Å²) in [6.45, 7) is 0. The average molecular weight is 357 g/mol. The topological polar surface area (TPSA) is 114 Å². The van der Waals surface area contributed by atoms with Gasteiger partial charge in [-0.05, 0) is 47.2 Å². The van der Waals surface area contributed by atoms with Crippen LogP contribution < -0.4 is 16.8 Å². The largest absolute Gasteiger partial charge is 0.507 e. The number of nitrogens with two attached hydrogens (primary N) is 2. The first-order valence-corrected chi connectivity index (χ1v) is 7.26. The van der Waals surface area contributed by atoms with Crippen LogP contribution in [0.2, 0.25) is 0 Å². The molecule has 0 aromatic heterocycles. The van der Waals surface area contributed by atoms with Crippen LogP contribution in [0, 0.1) is 0 Å². The molecule has 3 rings (SSSR count). The molecule has 0 spiro atoms. The minimum Gasteiger partial charge on any atom is -0.507 e. The number of rotatable bonds is 3. The first kappa shape index (κ1) is 18.1. The number of nitrogens with zero attached hydrogens (tertiary/aromatic N) is 1. The fourth-order valence-corrected chi connectivity index (χ4v) is 2.38. The smallest absolute Gasteiger partial charge is 0.259 e. The summed E-state index contributed by atoms with van der Waals surface area (Å²) in [4.78, 5) is 16.3. The molecule has 6 nitrogen and oxygen atoms in total. The molecule has 1 amide bonds. The highest BCUT2D eigenvalue weighted by molar-refractivity contribution is 6.08. The quantitative estimate of drug-likeness (QED) is 0.426. The highest BCUT2D eigenvalue weighted by Gasteiger charge is 2.12.